The second-order valence-corrected chi connectivity index (χ2v) is 11.1. The van der Waals surface area contributed by atoms with Crippen LogP contribution in [0.4, 0.5) is 5.13 Å². The van der Waals surface area contributed by atoms with Crippen LogP contribution in [0, 0.1) is 0 Å². The van der Waals surface area contributed by atoms with E-state index < -0.39 is 5.25 Å². The number of thiazole rings is 1. The molecule has 5 aromatic rings. The number of aromatic nitrogens is 4. The van der Waals surface area contributed by atoms with Crippen molar-refractivity contribution >= 4 is 45.5 Å². The molecule has 0 bridgehead atoms. The molecule has 5 rings (SSSR count). The summed E-state index contributed by atoms with van der Waals surface area (Å²) in [7, 11) is 3.25. The molecule has 1 atom stereocenters. The van der Waals surface area contributed by atoms with Gasteiger partial charge in [-0.1, -0.05) is 17.8 Å². The molecule has 8 nitrogen and oxygen atoms in total. The summed E-state index contributed by atoms with van der Waals surface area (Å²) in [6.45, 7) is 1.81. The number of thiophene rings is 1. The van der Waals surface area contributed by atoms with Gasteiger partial charge in [-0.05, 0) is 66.9 Å². The molecule has 3 aromatic heterocycles. The maximum Gasteiger partial charge on any atom is 0.239 e. The molecule has 1 unspecified atom stereocenters. The fourth-order valence-electron chi connectivity index (χ4n) is 3.54. The third kappa shape index (κ3) is 5.85. The van der Waals surface area contributed by atoms with Crippen molar-refractivity contribution in [1.82, 2.24) is 20.2 Å². The van der Waals surface area contributed by atoms with Crippen molar-refractivity contribution in [3.05, 3.63) is 71.4 Å². The van der Waals surface area contributed by atoms with Crippen molar-refractivity contribution in [2.24, 2.45) is 0 Å². The highest BCUT2D eigenvalue weighted by molar-refractivity contribution is 8.00. The Labute approximate surface area is 232 Å². The van der Waals surface area contributed by atoms with Crippen LogP contribution in [-0.4, -0.2) is 45.5 Å². The van der Waals surface area contributed by atoms with E-state index in [1.54, 1.807) is 25.6 Å². The molecule has 11 heteroatoms. The Balaban J connectivity index is 1.38. The minimum Gasteiger partial charge on any atom is -0.497 e. The highest BCUT2D eigenvalue weighted by atomic mass is 32.2. The summed E-state index contributed by atoms with van der Waals surface area (Å²) in [5, 5.41) is 16.2. The normalized spacial score (nSPS) is 11.7. The zero-order chi connectivity index (χ0) is 26.5. The van der Waals surface area contributed by atoms with Gasteiger partial charge in [0, 0.05) is 16.5 Å². The van der Waals surface area contributed by atoms with Gasteiger partial charge < -0.3 is 14.8 Å². The Morgan fingerprint density at radius 1 is 0.868 bits per heavy atom. The molecule has 1 N–H and O–H groups in total. The summed E-state index contributed by atoms with van der Waals surface area (Å²) < 4.78 is 10.6. The predicted molar refractivity (Wildman–Crippen MR) is 153 cm³/mol. The summed E-state index contributed by atoms with van der Waals surface area (Å²) in [5.41, 5.74) is 3.84. The molecule has 0 aliphatic carbocycles. The van der Waals surface area contributed by atoms with Gasteiger partial charge in [-0.25, -0.2) is 9.97 Å². The average Bonchev–Trinajstić information content (AvgIpc) is 3.66. The molecule has 0 saturated heterocycles. The molecule has 0 fully saturated rings. The quantitative estimate of drug-likeness (QED) is 0.203. The number of carbonyl (C=O) groups excluding carboxylic acids is 1. The summed E-state index contributed by atoms with van der Waals surface area (Å²) in [6, 6.07) is 19.1. The largest absolute Gasteiger partial charge is 0.497 e. The van der Waals surface area contributed by atoms with Gasteiger partial charge in [0.15, 0.2) is 5.13 Å². The number of hydrogen-bond acceptors (Lipinski definition) is 10. The lowest BCUT2D eigenvalue weighted by atomic mass is 10.0. The van der Waals surface area contributed by atoms with Crippen LogP contribution < -0.4 is 14.8 Å². The number of carbonyl (C=O) groups is 1. The number of thioether (sulfide) groups is 1. The van der Waals surface area contributed by atoms with Gasteiger partial charge in [0.05, 0.1) is 30.0 Å². The van der Waals surface area contributed by atoms with Gasteiger partial charge in [0.1, 0.15) is 22.9 Å². The number of hydrogen-bond donors (Lipinski definition) is 1. The number of ether oxygens (including phenoxy) is 2. The van der Waals surface area contributed by atoms with Crippen molar-refractivity contribution < 1.29 is 14.3 Å². The SMILES string of the molecule is COc1ccc(-c2nnc(SC(C)C(=O)Nc3nc(-c4cccs4)cs3)nc2-c2ccc(OC)cc2)cc1. The zero-order valence-corrected chi connectivity index (χ0v) is 23.2. The van der Waals surface area contributed by atoms with Crippen molar-refractivity contribution in [3.63, 3.8) is 0 Å². The Morgan fingerprint density at radius 2 is 1.53 bits per heavy atom. The first-order valence-corrected chi connectivity index (χ1v) is 14.2. The van der Waals surface area contributed by atoms with Crippen LogP contribution in [0.5, 0.6) is 11.5 Å². The van der Waals surface area contributed by atoms with E-state index in [-0.39, 0.29) is 5.91 Å². The molecule has 38 heavy (non-hydrogen) atoms. The van der Waals surface area contributed by atoms with Crippen LogP contribution in [-0.2, 0) is 4.79 Å². The van der Waals surface area contributed by atoms with Crippen LogP contribution >= 0.6 is 34.4 Å². The smallest absolute Gasteiger partial charge is 0.239 e. The van der Waals surface area contributed by atoms with E-state index >= 15 is 0 Å². The van der Waals surface area contributed by atoms with Crippen molar-refractivity contribution in [2.75, 3.05) is 19.5 Å². The van der Waals surface area contributed by atoms with Gasteiger partial charge in [-0.2, -0.15) is 0 Å². The highest BCUT2D eigenvalue weighted by Crippen LogP contribution is 2.33. The van der Waals surface area contributed by atoms with Gasteiger partial charge in [-0.3, -0.25) is 4.79 Å². The molecule has 1 amide bonds. The first kappa shape index (κ1) is 25.8. The van der Waals surface area contributed by atoms with Gasteiger partial charge in [-0.15, -0.1) is 32.9 Å². The molecule has 0 saturated carbocycles. The predicted octanol–water partition coefficient (Wildman–Crippen LogP) is 6.53. The third-order valence-corrected chi connectivity index (χ3v) is 8.16. The van der Waals surface area contributed by atoms with Crippen molar-refractivity contribution in [1.29, 1.82) is 0 Å². The maximum atomic E-state index is 12.9. The van der Waals surface area contributed by atoms with Gasteiger partial charge in [0.25, 0.3) is 0 Å². The van der Waals surface area contributed by atoms with E-state index in [0.717, 1.165) is 33.2 Å². The standard InChI is InChI=1S/C27H23N5O3S3/c1-16(25(33)30-26-28-21(15-37-26)22-5-4-14-36-22)38-27-29-23(17-6-10-19(34-2)11-7-17)24(31-32-27)18-8-12-20(35-3)13-9-18/h4-16H,1-3H3,(H,28,30,33). The summed E-state index contributed by atoms with van der Waals surface area (Å²) in [6.07, 6.45) is 0. The molecule has 192 valence electrons. The second-order valence-electron chi connectivity index (χ2n) is 8.01. The van der Waals surface area contributed by atoms with Crippen LogP contribution in [0.2, 0.25) is 0 Å². The zero-order valence-electron chi connectivity index (χ0n) is 20.7. The molecule has 0 aliphatic heterocycles. The van der Waals surface area contributed by atoms with E-state index in [9.17, 15) is 4.79 Å². The number of nitrogens with zero attached hydrogens (tertiary/aromatic N) is 4. The van der Waals surface area contributed by atoms with E-state index in [4.69, 9.17) is 14.5 Å². The molecular formula is C27H23N5O3S3. The first-order chi connectivity index (χ1) is 18.5. The Hall–Kier alpha value is -3.80. The van der Waals surface area contributed by atoms with Gasteiger partial charge >= 0.3 is 0 Å². The van der Waals surface area contributed by atoms with E-state index in [1.165, 1.54) is 23.1 Å². The summed E-state index contributed by atoms with van der Waals surface area (Å²) in [5.74, 6) is 1.30. The van der Waals surface area contributed by atoms with Crippen molar-refractivity contribution in [2.45, 2.75) is 17.3 Å². The van der Waals surface area contributed by atoms with E-state index in [0.29, 0.717) is 21.7 Å². The first-order valence-electron chi connectivity index (χ1n) is 11.5. The Kier molecular flexibility index (Phi) is 7.97. The molecule has 0 spiro atoms. The lowest BCUT2D eigenvalue weighted by Gasteiger charge is -2.12. The fourth-order valence-corrected chi connectivity index (χ4v) is 5.73. The van der Waals surface area contributed by atoms with Crippen LogP contribution in [0.1, 0.15) is 6.92 Å². The van der Waals surface area contributed by atoms with Crippen LogP contribution in [0.15, 0.2) is 76.6 Å². The van der Waals surface area contributed by atoms with E-state index in [2.05, 4.69) is 20.5 Å². The number of benzene rings is 2. The maximum absolute atomic E-state index is 12.9. The summed E-state index contributed by atoms with van der Waals surface area (Å²) >= 11 is 4.25. The van der Waals surface area contributed by atoms with Crippen LogP contribution in [0.25, 0.3) is 33.1 Å². The monoisotopic (exact) mass is 561 g/mol. The number of rotatable bonds is 9. The highest BCUT2D eigenvalue weighted by Gasteiger charge is 2.21. The lowest BCUT2D eigenvalue weighted by molar-refractivity contribution is -0.115. The minimum atomic E-state index is -0.471. The number of amides is 1. The lowest BCUT2D eigenvalue weighted by Crippen LogP contribution is -2.22. The molecule has 0 radical (unpaired) electrons. The third-order valence-electron chi connectivity index (χ3n) is 5.55. The van der Waals surface area contributed by atoms with E-state index in [1.807, 2.05) is 78.3 Å². The average molecular weight is 562 g/mol. The molecule has 2 aromatic carbocycles. The van der Waals surface area contributed by atoms with Crippen LogP contribution in [0.3, 0.4) is 0 Å². The summed E-state index contributed by atoms with van der Waals surface area (Å²) in [4.78, 5) is 23.3. The Morgan fingerprint density at radius 3 is 2.13 bits per heavy atom. The molecule has 0 aliphatic rings. The molecule has 3 heterocycles. The topological polar surface area (TPSA) is 99.1 Å². The van der Waals surface area contributed by atoms with Gasteiger partial charge in [0.2, 0.25) is 11.1 Å². The number of methoxy groups -OCH3 is 2. The Bertz CT molecular complexity index is 1520. The number of anilines is 1. The fraction of sp³-hybridized carbons (Fsp3) is 0.148. The minimum absolute atomic E-state index is 0.184. The van der Waals surface area contributed by atoms with Crippen molar-refractivity contribution in [3.8, 4) is 44.6 Å². The molecular weight excluding hydrogens is 539 g/mol. The second kappa shape index (κ2) is 11.7. The number of nitrogens with one attached hydrogen (secondary N) is 1.